The van der Waals surface area contributed by atoms with Crippen LogP contribution in [-0.2, 0) is 0 Å². The zero-order valence-corrected chi connectivity index (χ0v) is 17.5. The van der Waals surface area contributed by atoms with E-state index in [9.17, 15) is 4.79 Å². The van der Waals surface area contributed by atoms with Crippen LogP contribution in [0.15, 0.2) is 42.5 Å². The van der Waals surface area contributed by atoms with Crippen LogP contribution in [0.2, 0.25) is 0 Å². The summed E-state index contributed by atoms with van der Waals surface area (Å²) < 4.78 is 12.4. The summed E-state index contributed by atoms with van der Waals surface area (Å²) in [6.07, 6.45) is 0.0984. The third-order valence-corrected chi connectivity index (χ3v) is 4.05. The molecule has 2 aromatic carbocycles. The van der Waals surface area contributed by atoms with Gasteiger partial charge in [-0.25, -0.2) is 4.68 Å². The highest BCUT2D eigenvalue weighted by Gasteiger charge is 2.18. The SMILES string of the molecule is COc1ccc(NC(=O)c2nnn(-c3ccc(OC(C)C)cc3)c2C)cc1N.Cl. The Labute approximate surface area is 175 Å². The van der Waals surface area contributed by atoms with Crippen molar-refractivity contribution in [2.75, 3.05) is 18.2 Å². The molecular weight excluding hydrogens is 394 g/mol. The van der Waals surface area contributed by atoms with Gasteiger partial charge in [0.05, 0.1) is 30.3 Å². The number of hydrogen-bond acceptors (Lipinski definition) is 6. The van der Waals surface area contributed by atoms with E-state index in [1.54, 1.807) is 29.8 Å². The van der Waals surface area contributed by atoms with Crippen molar-refractivity contribution in [1.29, 1.82) is 0 Å². The molecular formula is C20H24ClN5O3. The number of nitrogens with two attached hydrogens (primary N) is 1. The summed E-state index contributed by atoms with van der Waals surface area (Å²) in [7, 11) is 1.53. The highest BCUT2D eigenvalue weighted by atomic mass is 35.5. The molecule has 3 N–H and O–H groups in total. The molecule has 1 heterocycles. The lowest BCUT2D eigenvalue weighted by Crippen LogP contribution is -2.14. The number of aromatic nitrogens is 3. The van der Waals surface area contributed by atoms with Crippen molar-refractivity contribution in [1.82, 2.24) is 15.0 Å². The number of ether oxygens (including phenoxy) is 2. The molecule has 3 rings (SSSR count). The van der Waals surface area contributed by atoms with Gasteiger partial charge in [-0.3, -0.25) is 4.79 Å². The Hall–Kier alpha value is -3.26. The first kappa shape index (κ1) is 22.0. The van der Waals surface area contributed by atoms with Gasteiger partial charge in [0.2, 0.25) is 0 Å². The minimum Gasteiger partial charge on any atom is -0.495 e. The zero-order valence-electron chi connectivity index (χ0n) is 16.7. The Morgan fingerprint density at radius 2 is 1.86 bits per heavy atom. The lowest BCUT2D eigenvalue weighted by Gasteiger charge is -2.10. The van der Waals surface area contributed by atoms with Gasteiger partial charge in [0, 0.05) is 5.69 Å². The molecule has 0 saturated carbocycles. The first-order valence-corrected chi connectivity index (χ1v) is 8.83. The summed E-state index contributed by atoms with van der Waals surface area (Å²) in [5, 5.41) is 10.9. The second-order valence-electron chi connectivity index (χ2n) is 6.51. The van der Waals surface area contributed by atoms with Gasteiger partial charge in [0.15, 0.2) is 5.69 Å². The van der Waals surface area contributed by atoms with Crippen LogP contribution in [0.1, 0.15) is 30.0 Å². The molecule has 29 heavy (non-hydrogen) atoms. The van der Waals surface area contributed by atoms with Crippen molar-refractivity contribution in [2.45, 2.75) is 26.9 Å². The lowest BCUT2D eigenvalue weighted by atomic mass is 10.2. The molecule has 154 valence electrons. The molecule has 0 atom stereocenters. The molecule has 1 amide bonds. The van der Waals surface area contributed by atoms with Crippen LogP contribution in [0.5, 0.6) is 11.5 Å². The third kappa shape index (κ3) is 4.97. The van der Waals surface area contributed by atoms with E-state index >= 15 is 0 Å². The number of methoxy groups -OCH3 is 1. The molecule has 1 aromatic heterocycles. The molecule has 0 bridgehead atoms. The molecule has 0 saturated heterocycles. The number of amides is 1. The molecule has 0 aliphatic carbocycles. The van der Waals surface area contributed by atoms with Crippen LogP contribution < -0.4 is 20.5 Å². The van der Waals surface area contributed by atoms with E-state index < -0.39 is 0 Å². The molecule has 0 unspecified atom stereocenters. The molecule has 0 aliphatic rings. The Balaban J connectivity index is 0.00000300. The molecule has 0 fully saturated rings. The summed E-state index contributed by atoms with van der Waals surface area (Å²) in [5.41, 5.74) is 8.50. The highest BCUT2D eigenvalue weighted by molar-refractivity contribution is 6.03. The minimum atomic E-state index is -0.368. The highest BCUT2D eigenvalue weighted by Crippen LogP contribution is 2.25. The van der Waals surface area contributed by atoms with Crippen molar-refractivity contribution < 1.29 is 14.3 Å². The average Bonchev–Trinajstić information content (AvgIpc) is 3.03. The first-order valence-electron chi connectivity index (χ1n) is 8.83. The first-order chi connectivity index (χ1) is 13.4. The monoisotopic (exact) mass is 417 g/mol. The molecule has 0 spiro atoms. The zero-order chi connectivity index (χ0) is 20.3. The predicted octanol–water partition coefficient (Wildman–Crippen LogP) is 3.63. The maximum absolute atomic E-state index is 12.6. The number of halogens is 1. The summed E-state index contributed by atoms with van der Waals surface area (Å²) in [6.45, 7) is 5.73. The van der Waals surface area contributed by atoms with Gasteiger partial charge in [-0.15, -0.1) is 17.5 Å². The molecule has 0 aliphatic heterocycles. The van der Waals surface area contributed by atoms with Crippen molar-refractivity contribution in [3.05, 3.63) is 53.9 Å². The Kier molecular flexibility index (Phi) is 7.06. The van der Waals surface area contributed by atoms with Crippen LogP contribution >= 0.6 is 12.4 Å². The lowest BCUT2D eigenvalue weighted by molar-refractivity contribution is 0.102. The number of nitrogens with one attached hydrogen (secondary N) is 1. The third-order valence-electron chi connectivity index (χ3n) is 4.05. The minimum absolute atomic E-state index is 0. The van der Waals surface area contributed by atoms with Gasteiger partial charge in [-0.2, -0.15) is 0 Å². The number of carbonyl (C=O) groups is 1. The van der Waals surface area contributed by atoms with Crippen LogP contribution in [0.25, 0.3) is 5.69 Å². The Morgan fingerprint density at radius 1 is 1.17 bits per heavy atom. The smallest absolute Gasteiger partial charge is 0.278 e. The summed E-state index contributed by atoms with van der Waals surface area (Å²) in [6, 6.07) is 12.5. The van der Waals surface area contributed by atoms with Gasteiger partial charge in [0.1, 0.15) is 11.5 Å². The number of hydrogen-bond donors (Lipinski definition) is 2. The average molecular weight is 418 g/mol. The van der Waals surface area contributed by atoms with Crippen molar-refractivity contribution in [3.8, 4) is 17.2 Å². The normalized spacial score (nSPS) is 10.4. The quantitative estimate of drug-likeness (QED) is 0.593. The van der Waals surface area contributed by atoms with Gasteiger partial charge < -0.3 is 20.5 Å². The van der Waals surface area contributed by atoms with E-state index in [1.165, 1.54) is 7.11 Å². The van der Waals surface area contributed by atoms with E-state index in [2.05, 4.69) is 15.6 Å². The second-order valence-corrected chi connectivity index (χ2v) is 6.51. The van der Waals surface area contributed by atoms with Crippen molar-refractivity contribution in [2.24, 2.45) is 0 Å². The molecule has 3 aromatic rings. The summed E-state index contributed by atoms with van der Waals surface area (Å²) in [5.74, 6) is 0.949. The van der Waals surface area contributed by atoms with Crippen LogP contribution in [0, 0.1) is 6.92 Å². The van der Waals surface area contributed by atoms with Gasteiger partial charge in [-0.1, -0.05) is 5.21 Å². The fourth-order valence-electron chi connectivity index (χ4n) is 2.72. The van der Waals surface area contributed by atoms with E-state index in [-0.39, 0.29) is 30.1 Å². The molecule has 8 nitrogen and oxygen atoms in total. The molecule has 0 radical (unpaired) electrons. The van der Waals surface area contributed by atoms with Crippen LogP contribution in [0.4, 0.5) is 11.4 Å². The number of anilines is 2. The predicted molar refractivity (Wildman–Crippen MR) is 114 cm³/mol. The van der Waals surface area contributed by atoms with Gasteiger partial charge >= 0.3 is 0 Å². The van der Waals surface area contributed by atoms with Crippen molar-refractivity contribution in [3.63, 3.8) is 0 Å². The molecule has 9 heteroatoms. The maximum Gasteiger partial charge on any atom is 0.278 e. The van der Waals surface area contributed by atoms with E-state index in [4.69, 9.17) is 15.2 Å². The van der Waals surface area contributed by atoms with Crippen LogP contribution in [-0.4, -0.2) is 34.1 Å². The fourth-order valence-corrected chi connectivity index (χ4v) is 2.72. The number of nitrogen functional groups attached to an aromatic ring is 1. The maximum atomic E-state index is 12.6. The number of benzene rings is 2. The van der Waals surface area contributed by atoms with Gasteiger partial charge in [0.25, 0.3) is 5.91 Å². The number of rotatable bonds is 6. The standard InChI is InChI=1S/C20H23N5O3.ClH/c1-12(2)28-16-8-6-15(7-9-16)25-13(3)19(23-24-25)20(26)22-14-5-10-18(27-4)17(21)11-14;/h5-12H,21H2,1-4H3,(H,22,26);1H. The fraction of sp³-hybridized carbons (Fsp3) is 0.250. The summed E-state index contributed by atoms with van der Waals surface area (Å²) >= 11 is 0. The van der Waals surface area contributed by atoms with E-state index in [0.717, 1.165) is 11.4 Å². The van der Waals surface area contributed by atoms with Crippen molar-refractivity contribution >= 4 is 29.7 Å². The van der Waals surface area contributed by atoms with Crippen LogP contribution in [0.3, 0.4) is 0 Å². The Morgan fingerprint density at radius 3 is 2.45 bits per heavy atom. The van der Waals surface area contributed by atoms with E-state index in [0.29, 0.717) is 22.8 Å². The van der Waals surface area contributed by atoms with Gasteiger partial charge in [-0.05, 0) is 63.2 Å². The number of carbonyl (C=O) groups excluding carboxylic acids is 1. The number of nitrogens with zero attached hydrogens (tertiary/aromatic N) is 3. The Bertz CT molecular complexity index is 986. The topological polar surface area (TPSA) is 104 Å². The summed E-state index contributed by atoms with van der Waals surface area (Å²) in [4.78, 5) is 12.6. The van der Waals surface area contributed by atoms with E-state index in [1.807, 2.05) is 38.1 Å². The second kappa shape index (κ2) is 9.29. The largest absolute Gasteiger partial charge is 0.495 e.